The van der Waals surface area contributed by atoms with Crippen molar-refractivity contribution in [3.05, 3.63) is 18.0 Å². The number of hydrogen-bond donors (Lipinski definition) is 2. The summed E-state index contributed by atoms with van der Waals surface area (Å²) in [5.41, 5.74) is 0.673. The Bertz CT molecular complexity index is 400. The minimum absolute atomic E-state index is 0.129. The molecule has 0 spiro atoms. The summed E-state index contributed by atoms with van der Waals surface area (Å²) < 4.78 is 10.6. The Kier molecular flexibility index (Phi) is 4.04. The van der Waals surface area contributed by atoms with Crippen molar-refractivity contribution >= 4 is 0 Å². The first-order chi connectivity index (χ1) is 8.74. The first-order valence-corrected chi connectivity index (χ1v) is 6.16. The van der Waals surface area contributed by atoms with Crippen LogP contribution >= 0.6 is 0 Å². The summed E-state index contributed by atoms with van der Waals surface area (Å²) in [4.78, 5) is 4.30. The Balaban J connectivity index is 2.09. The molecule has 0 amide bonds. The standard InChI is InChI=1S/C13H20N2O3/c1-17-11-4-7-14-10(12(11)18-2)8-15-13(9-16)5-3-6-13/h4,7,15-16H,3,5-6,8-9H2,1-2H3. The quantitative estimate of drug-likeness (QED) is 0.794. The number of methoxy groups -OCH3 is 2. The van der Waals surface area contributed by atoms with E-state index in [0.29, 0.717) is 18.0 Å². The number of hydrogen-bond acceptors (Lipinski definition) is 5. The third kappa shape index (κ3) is 2.42. The maximum Gasteiger partial charge on any atom is 0.183 e. The van der Waals surface area contributed by atoms with E-state index in [4.69, 9.17) is 9.47 Å². The van der Waals surface area contributed by atoms with E-state index in [0.717, 1.165) is 25.0 Å². The van der Waals surface area contributed by atoms with Crippen molar-refractivity contribution in [2.45, 2.75) is 31.3 Å². The highest BCUT2D eigenvalue weighted by Crippen LogP contribution is 2.33. The number of rotatable bonds is 6. The fraction of sp³-hybridized carbons (Fsp3) is 0.615. The largest absolute Gasteiger partial charge is 0.493 e. The molecule has 1 aliphatic carbocycles. The summed E-state index contributed by atoms with van der Waals surface area (Å²) in [7, 11) is 3.21. The van der Waals surface area contributed by atoms with E-state index in [1.165, 1.54) is 0 Å². The molecule has 0 saturated heterocycles. The molecule has 5 heteroatoms. The molecule has 0 bridgehead atoms. The summed E-state index contributed by atoms with van der Waals surface area (Å²) >= 11 is 0. The van der Waals surface area contributed by atoms with Crippen LogP contribution < -0.4 is 14.8 Å². The van der Waals surface area contributed by atoms with Gasteiger partial charge in [0, 0.05) is 24.3 Å². The smallest absolute Gasteiger partial charge is 0.183 e. The van der Waals surface area contributed by atoms with Gasteiger partial charge in [0.25, 0.3) is 0 Å². The molecule has 18 heavy (non-hydrogen) atoms. The number of nitrogens with zero attached hydrogens (tertiary/aromatic N) is 1. The molecular weight excluding hydrogens is 232 g/mol. The van der Waals surface area contributed by atoms with Crippen LogP contribution in [-0.4, -0.2) is 36.5 Å². The second-order valence-electron chi connectivity index (χ2n) is 4.64. The van der Waals surface area contributed by atoms with E-state index in [2.05, 4.69) is 10.3 Å². The molecule has 2 N–H and O–H groups in total. The van der Waals surface area contributed by atoms with E-state index < -0.39 is 0 Å². The van der Waals surface area contributed by atoms with Gasteiger partial charge in [0.1, 0.15) is 0 Å². The first-order valence-electron chi connectivity index (χ1n) is 6.16. The number of aliphatic hydroxyl groups is 1. The van der Waals surface area contributed by atoms with Gasteiger partial charge in [-0.15, -0.1) is 0 Å². The predicted octanol–water partition coefficient (Wildman–Crippen LogP) is 1.10. The summed E-state index contributed by atoms with van der Waals surface area (Å²) in [6, 6.07) is 1.77. The Morgan fingerprint density at radius 2 is 2.17 bits per heavy atom. The van der Waals surface area contributed by atoms with Crippen LogP contribution in [0, 0.1) is 0 Å². The molecule has 0 unspecified atom stereocenters. The Morgan fingerprint density at radius 3 is 2.67 bits per heavy atom. The summed E-state index contributed by atoms with van der Waals surface area (Å²) in [6.45, 7) is 0.736. The average Bonchev–Trinajstić information content (AvgIpc) is 2.37. The molecule has 1 saturated carbocycles. The van der Waals surface area contributed by atoms with E-state index in [1.807, 2.05) is 0 Å². The zero-order valence-electron chi connectivity index (χ0n) is 10.9. The van der Waals surface area contributed by atoms with Crippen molar-refractivity contribution in [2.24, 2.45) is 0 Å². The van der Waals surface area contributed by atoms with E-state index in [-0.39, 0.29) is 12.1 Å². The molecular formula is C13H20N2O3. The van der Waals surface area contributed by atoms with Gasteiger partial charge in [-0.05, 0) is 19.3 Å². The molecule has 1 heterocycles. The SMILES string of the molecule is COc1ccnc(CNC2(CO)CCC2)c1OC. The highest BCUT2D eigenvalue weighted by atomic mass is 16.5. The van der Waals surface area contributed by atoms with Gasteiger partial charge in [0.2, 0.25) is 0 Å². The van der Waals surface area contributed by atoms with Gasteiger partial charge in [-0.2, -0.15) is 0 Å². The summed E-state index contributed by atoms with van der Waals surface area (Å²) in [5, 5.41) is 12.8. The highest BCUT2D eigenvalue weighted by Gasteiger charge is 2.35. The molecule has 0 aromatic carbocycles. The van der Waals surface area contributed by atoms with Crippen LogP contribution in [0.25, 0.3) is 0 Å². The van der Waals surface area contributed by atoms with E-state index >= 15 is 0 Å². The van der Waals surface area contributed by atoms with Crippen LogP contribution in [0.15, 0.2) is 12.3 Å². The number of aliphatic hydroxyl groups excluding tert-OH is 1. The van der Waals surface area contributed by atoms with Gasteiger partial charge in [-0.1, -0.05) is 0 Å². The van der Waals surface area contributed by atoms with Gasteiger partial charge in [-0.3, -0.25) is 4.98 Å². The molecule has 2 rings (SSSR count). The van der Waals surface area contributed by atoms with Crippen molar-refractivity contribution in [3.63, 3.8) is 0 Å². The molecule has 0 radical (unpaired) electrons. The zero-order valence-corrected chi connectivity index (χ0v) is 10.9. The average molecular weight is 252 g/mol. The van der Waals surface area contributed by atoms with E-state index in [1.54, 1.807) is 26.5 Å². The third-order valence-corrected chi connectivity index (χ3v) is 3.61. The number of nitrogens with one attached hydrogen (secondary N) is 1. The molecule has 0 aliphatic heterocycles. The number of ether oxygens (including phenoxy) is 2. The van der Waals surface area contributed by atoms with Gasteiger partial charge < -0.3 is 19.9 Å². The first kappa shape index (κ1) is 13.1. The molecule has 0 atom stereocenters. The Morgan fingerprint density at radius 1 is 1.39 bits per heavy atom. The Hall–Kier alpha value is -1.33. The zero-order chi connectivity index (χ0) is 13.0. The number of pyridine rings is 1. The molecule has 1 aliphatic rings. The molecule has 1 aromatic rings. The van der Waals surface area contributed by atoms with Crippen molar-refractivity contribution < 1.29 is 14.6 Å². The minimum atomic E-state index is -0.129. The van der Waals surface area contributed by atoms with Crippen LogP contribution in [0.2, 0.25) is 0 Å². The predicted molar refractivity (Wildman–Crippen MR) is 67.8 cm³/mol. The second-order valence-corrected chi connectivity index (χ2v) is 4.64. The maximum absolute atomic E-state index is 9.40. The van der Waals surface area contributed by atoms with E-state index in [9.17, 15) is 5.11 Å². The lowest BCUT2D eigenvalue weighted by molar-refractivity contribution is 0.0865. The van der Waals surface area contributed by atoms with Gasteiger partial charge in [0.15, 0.2) is 11.5 Å². The minimum Gasteiger partial charge on any atom is -0.493 e. The fourth-order valence-corrected chi connectivity index (χ4v) is 2.24. The maximum atomic E-state index is 9.40. The van der Waals surface area contributed by atoms with Crippen LogP contribution in [0.5, 0.6) is 11.5 Å². The van der Waals surface area contributed by atoms with Gasteiger partial charge in [-0.25, -0.2) is 0 Å². The summed E-state index contributed by atoms with van der Waals surface area (Å²) in [6.07, 6.45) is 4.88. The van der Waals surface area contributed by atoms with Crippen LogP contribution in [0.4, 0.5) is 0 Å². The highest BCUT2D eigenvalue weighted by molar-refractivity contribution is 5.42. The van der Waals surface area contributed by atoms with Crippen LogP contribution in [0.3, 0.4) is 0 Å². The third-order valence-electron chi connectivity index (χ3n) is 3.61. The lowest BCUT2D eigenvalue weighted by Crippen LogP contribution is -2.53. The Labute approximate surface area is 107 Å². The number of aromatic nitrogens is 1. The topological polar surface area (TPSA) is 63.6 Å². The van der Waals surface area contributed by atoms with Crippen molar-refractivity contribution in [3.8, 4) is 11.5 Å². The van der Waals surface area contributed by atoms with Crippen LogP contribution in [-0.2, 0) is 6.54 Å². The van der Waals surface area contributed by atoms with Crippen LogP contribution in [0.1, 0.15) is 25.0 Å². The lowest BCUT2D eigenvalue weighted by atomic mass is 9.77. The van der Waals surface area contributed by atoms with Gasteiger partial charge >= 0.3 is 0 Å². The van der Waals surface area contributed by atoms with Crippen molar-refractivity contribution in [1.82, 2.24) is 10.3 Å². The van der Waals surface area contributed by atoms with Gasteiger partial charge in [0.05, 0.1) is 26.5 Å². The van der Waals surface area contributed by atoms with Crippen molar-refractivity contribution in [2.75, 3.05) is 20.8 Å². The fourth-order valence-electron chi connectivity index (χ4n) is 2.24. The monoisotopic (exact) mass is 252 g/mol. The molecule has 5 nitrogen and oxygen atoms in total. The second kappa shape index (κ2) is 5.54. The molecule has 1 aromatic heterocycles. The summed E-state index contributed by atoms with van der Waals surface area (Å²) in [5.74, 6) is 1.33. The molecule has 1 fully saturated rings. The normalized spacial score (nSPS) is 17.1. The lowest BCUT2D eigenvalue weighted by Gasteiger charge is -2.41. The van der Waals surface area contributed by atoms with Crippen molar-refractivity contribution in [1.29, 1.82) is 0 Å². The molecule has 100 valence electrons.